The smallest absolute Gasteiger partial charge is 0.475 e. The molecule has 25 heteroatoms. The van der Waals surface area contributed by atoms with Crippen LogP contribution in [0.25, 0.3) is 16.7 Å². The number of esters is 1. The van der Waals surface area contributed by atoms with Gasteiger partial charge in [0.25, 0.3) is 0 Å². The van der Waals surface area contributed by atoms with Crippen LogP contribution in [0.15, 0.2) is 54.6 Å². The maximum atomic E-state index is 13.7. The van der Waals surface area contributed by atoms with Gasteiger partial charge in [-0.15, -0.1) is 10.2 Å². The number of rotatable bonds is 9. The predicted molar refractivity (Wildman–Crippen MR) is 205 cm³/mol. The lowest BCUT2D eigenvalue weighted by Gasteiger charge is -2.30. The number of likely N-dealkylation sites (tertiary alicyclic amines) is 2. The maximum absolute atomic E-state index is 13.7. The molecule has 63 heavy (non-hydrogen) atoms. The van der Waals surface area contributed by atoms with Crippen molar-refractivity contribution in [2.75, 3.05) is 26.2 Å². The largest absolute Gasteiger partial charge is 0.490 e. The molecule has 5 aromatic rings. The molecule has 0 amide bonds. The van der Waals surface area contributed by atoms with Crippen molar-refractivity contribution in [3.8, 4) is 0 Å². The number of ether oxygens (including phenoxy) is 1. The van der Waals surface area contributed by atoms with Crippen LogP contribution in [0.1, 0.15) is 51.4 Å². The third-order valence-electron chi connectivity index (χ3n) is 8.99. The summed E-state index contributed by atoms with van der Waals surface area (Å²) in [6, 6.07) is 17.9. The van der Waals surface area contributed by atoms with E-state index >= 15 is 0 Å². The molecule has 0 unspecified atom stereocenters. The summed E-state index contributed by atoms with van der Waals surface area (Å²) in [5.74, 6) is -7.93. The van der Waals surface area contributed by atoms with Crippen molar-refractivity contribution in [1.29, 1.82) is 0 Å². The summed E-state index contributed by atoms with van der Waals surface area (Å²) < 4.78 is 105. The molecule has 0 atom stereocenters. The molecule has 2 aliphatic heterocycles. The number of pyridine rings is 1. The molecule has 0 aliphatic carbocycles. The molecule has 0 bridgehead atoms. The fraction of sp³-hybridized carbons (Fsp3) is 0.368. The van der Waals surface area contributed by atoms with E-state index in [0.29, 0.717) is 22.3 Å². The fourth-order valence-corrected chi connectivity index (χ4v) is 6.54. The van der Waals surface area contributed by atoms with Gasteiger partial charge in [0.05, 0.1) is 11.0 Å². The number of benzene rings is 2. The van der Waals surface area contributed by atoms with E-state index in [0.717, 1.165) is 78.5 Å². The van der Waals surface area contributed by atoms with E-state index in [2.05, 4.69) is 32.1 Å². The molecule has 0 spiro atoms. The number of carboxylic acids is 3. The van der Waals surface area contributed by atoms with Gasteiger partial charge in [0, 0.05) is 29.7 Å². The molecule has 2 fully saturated rings. The number of carbonyl (C=O) groups is 4. The molecule has 0 radical (unpaired) electrons. The average molecular weight is 946 g/mol. The van der Waals surface area contributed by atoms with E-state index in [9.17, 15) is 44.3 Å². The number of aryl methyl sites for hydroxylation is 1. The second-order valence-electron chi connectivity index (χ2n) is 13.8. The third-order valence-corrected chi connectivity index (χ3v) is 9.43. The SMILES string of the molecule is Cc1nnc2ccc3c(cc(C(=O)OCc4cc(Cl)cc(CN5CCC5)c4)n3Cc3cc(Cl)cc(CN4CCC4)c3)n12.O=C(O)C(F)(F)F.O=C(O)C(F)(F)F.O=C(O)C(F)(F)F. The van der Waals surface area contributed by atoms with Crippen LogP contribution in [-0.2, 0) is 45.4 Å². The van der Waals surface area contributed by atoms with Crippen molar-refractivity contribution in [2.45, 2.75) is 64.5 Å². The Labute approximate surface area is 360 Å². The minimum atomic E-state index is -5.08. The van der Waals surface area contributed by atoms with Gasteiger partial charge in [-0.25, -0.2) is 19.2 Å². The van der Waals surface area contributed by atoms with Crippen molar-refractivity contribution in [2.24, 2.45) is 0 Å². The van der Waals surface area contributed by atoms with Crippen LogP contribution in [0.3, 0.4) is 0 Å². The van der Waals surface area contributed by atoms with Crippen molar-refractivity contribution >= 4 is 63.8 Å². The zero-order valence-electron chi connectivity index (χ0n) is 32.5. The zero-order valence-corrected chi connectivity index (χ0v) is 34.0. The van der Waals surface area contributed by atoms with Crippen LogP contribution in [0, 0.1) is 6.92 Å². The van der Waals surface area contributed by atoms with E-state index < -0.39 is 42.4 Å². The highest BCUT2D eigenvalue weighted by Gasteiger charge is 2.39. The topological polar surface area (TPSA) is 180 Å². The van der Waals surface area contributed by atoms with Crippen LogP contribution < -0.4 is 0 Å². The molecule has 14 nitrogen and oxygen atoms in total. The molecule has 3 N–H and O–H groups in total. The summed E-state index contributed by atoms with van der Waals surface area (Å²) in [6.07, 6.45) is -12.8. The lowest BCUT2D eigenvalue weighted by atomic mass is 10.1. The molecular formula is C38H35Cl2F9N6O8. The first-order valence-electron chi connectivity index (χ1n) is 18.2. The Morgan fingerprint density at radius 3 is 1.44 bits per heavy atom. The highest BCUT2D eigenvalue weighted by Crippen LogP contribution is 2.27. The highest BCUT2D eigenvalue weighted by atomic mass is 35.5. The molecule has 5 heterocycles. The molecule has 342 valence electrons. The molecule has 2 aromatic carbocycles. The standard InChI is InChI=1S/C32H32Cl2N6O2.3C2HF3O2/c1-21-35-36-31-5-4-28-29(40(21)31)16-30(39(28)19-24-10-22(12-26(33)14-24)17-37-6-2-7-37)32(41)42-20-25-11-23(13-27(34)15-25)18-38-8-3-9-38;3*3-2(4,5)1(6)7/h4-5,10-16H,2-3,6-9,17-20H2,1H3;3*(H,6,7). The first kappa shape index (κ1) is 50.0. The van der Waals surface area contributed by atoms with Gasteiger partial charge in [-0.1, -0.05) is 35.3 Å². The second kappa shape index (κ2) is 20.7. The molecule has 2 saturated heterocycles. The van der Waals surface area contributed by atoms with Gasteiger partial charge < -0.3 is 24.6 Å². The lowest BCUT2D eigenvalue weighted by Crippen LogP contribution is -2.36. The quantitative estimate of drug-likeness (QED) is 0.0959. The number of carboxylic acid groups (broad SMARTS) is 3. The monoisotopic (exact) mass is 944 g/mol. The van der Waals surface area contributed by atoms with Gasteiger partial charge in [-0.05, 0) is 111 Å². The number of aromatic nitrogens is 4. The first-order valence-corrected chi connectivity index (χ1v) is 18.9. The summed E-state index contributed by atoms with van der Waals surface area (Å²) in [6.45, 7) is 8.65. The number of hydrogen-bond donors (Lipinski definition) is 3. The summed E-state index contributed by atoms with van der Waals surface area (Å²) >= 11 is 13.0. The van der Waals surface area contributed by atoms with Crippen LogP contribution in [0.4, 0.5) is 39.5 Å². The van der Waals surface area contributed by atoms with Crippen LogP contribution in [0.5, 0.6) is 0 Å². The molecule has 2 aliphatic rings. The highest BCUT2D eigenvalue weighted by molar-refractivity contribution is 6.31. The van der Waals surface area contributed by atoms with E-state index in [-0.39, 0.29) is 6.61 Å². The van der Waals surface area contributed by atoms with Gasteiger partial charge in [0.2, 0.25) is 0 Å². The molecule has 7 rings (SSSR count). The van der Waals surface area contributed by atoms with Gasteiger partial charge in [0.15, 0.2) is 5.65 Å². The Kier molecular flexibility index (Phi) is 16.4. The second-order valence-corrected chi connectivity index (χ2v) is 14.7. The molecular weight excluding hydrogens is 910 g/mol. The van der Waals surface area contributed by atoms with Gasteiger partial charge in [-0.3, -0.25) is 14.2 Å². The van der Waals surface area contributed by atoms with Crippen molar-refractivity contribution in [1.82, 2.24) is 29.0 Å². The Morgan fingerprint density at radius 2 is 1.03 bits per heavy atom. The Morgan fingerprint density at radius 1 is 0.619 bits per heavy atom. The van der Waals surface area contributed by atoms with Crippen molar-refractivity contribution < 1.29 is 78.7 Å². The van der Waals surface area contributed by atoms with E-state index in [1.165, 1.54) is 18.4 Å². The van der Waals surface area contributed by atoms with E-state index in [1.807, 2.05) is 58.4 Å². The van der Waals surface area contributed by atoms with Crippen molar-refractivity contribution in [3.05, 3.63) is 98.4 Å². The number of alkyl halides is 9. The van der Waals surface area contributed by atoms with Gasteiger partial charge in [-0.2, -0.15) is 39.5 Å². The van der Waals surface area contributed by atoms with Crippen LogP contribution in [0.2, 0.25) is 10.0 Å². The van der Waals surface area contributed by atoms with Gasteiger partial charge in [0.1, 0.15) is 18.1 Å². The normalized spacial score (nSPS) is 14.2. The number of hydrogen-bond acceptors (Lipinski definition) is 9. The minimum absolute atomic E-state index is 0.131. The Bertz CT molecular complexity index is 2390. The number of nitrogens with zero attached hydrogens (tertiary/aromatic N) is 6. The van der Waals surface area contributed by atoms with E-state index in [1.54, 1.807) is 0 Å². The predicted octanol–water partition coefficient (Wildman–Crippen LogP) is 8.02. The number of fused-ring (bicyclic) bond motifs is 3. The zero-order chi connectivity index (χ0) is 47.0. The minimum Gasteiger partial charge on any atom is -0.475 e. The fourth-order valence-electron chi connectivity index (χ4n) is 5.97. The Balaban J connectivity index is 0.000000344. The first-order chi connectivity index (χ1) is 29.2. The van der Waals surface area contributed by atoms with Crippen LogP contribution >= 0.6 is 23.2 Å². The Hall–Kier alpha value is -5.65. The maximum Gasteiger partial charge on any atom is 0.490 e. The van der Waals surface area contributed by atoms with Crippen molar-refractivity contribution in [3.63, 3.8) is 0 Å². The number of aliphatic carboxylic acids is 3. The third kappa shape index (κ3) is 14.4. The summed E-state index contributed by atoms with van der Waals surface area (Å²) in [4.78, 5) is 45.2. The summed E-state index contributed by atoms with van der Waals surface area (Å²) in [5.41, 5.74) is 7.12. The molecule has 0 saturated carbocycles. The molecule has 3 aromatic heterocycles. The summed E-state index contributed by atoms with van der Waals surface area (Å²) in [5, 5.41) is 31.2. The summed E-state index contributed by atoms with van der Waals surface area (Å²) in [7, 11) is 0. The van der Waals surface area contributed by atoms with Crippen LogP contribution in [-0.4, -0.2) is 113 Å². The van der Waals surface area contributed by atoms with E-state index in [4.69, 9.17) is 57.6 Å². The number of halogens is 11. The van der Waals surface area contributed by atoms with Gasteiger partial charge >= 0.3 is 42.4 Å². The lowest BCUT2D eigenvalue weighted by molar-refractivity contribution is -0.193. The number of carbonyl (C=O) groups excluding carboxylic acids is 1. The average Bonchev–Trinajstić information content (AvgIpc) is 3.69.